The van der Waals surface area contributed by atoms with Gasteiger partial charge in [0.2, 0.25) is 0 Å². The summed E-state index contributed by atoms with van der Waals surface area (Å²) in [7, 11) is 0. The second-order valence-corrected chi connectivity index (χ2v) is 6.16. The molecule has 0 aliphatic heterocycles. The molecule has 2 aromatic rings. The van der Waals surface area contributed by atoms with Crippen molar-refractivity contribution in [3.8, 4) is 11.3 Å². The van der Waals surface area contributed by atoms with Gasteiger partial charge in [-0.3, -0.25) is 9.69 Å². The topological polar surface area (TPSA) is 36.1 Å². The summed E-state index contributed by atoms with van der Waals surface area (Å²) in [6.45, 7) is 11.3. The molecule has 1 heterocycles. The van der Waals surface area contributed by atoms with Crippen LogP contribution in [0, 0.1) is 13.8 Å². The summed E-state index contributed by atoms with van der Waals surface area (Å²) in [5.41, 5.74) is 4.58. The van der Waals surface area contributed by atoms with E-state index in [0.717, 1.165) is 35.8 Å². The molecule has 0 aliphatic carbocycles. The number of hydrogen-bond donors (Lipinski definition) is 1. The van der Waals surface area contributed by atoms with Crippen LogP contribution in [0.4, 0.5) is 0 Å². The van der Waals surface area contributed by atoms with E-state index in [1.807, 2.05) is 0 Å². The van der Waals surface area contributed by atoms with Crippen LogP contribution in [0.25, 0.3) is 11.3 Å². The Kier molecular flexibility index (Phi) is 4.78. The van der Waals surface area contributed by atoms with Gasteiger partial charge in [-0.1, -0.05) is 48.9 Å². The minimum atomic E-state index is 0.0298. The molecule has 108 valence electrons. The molecule has 1 aromatic carbocycles. The molecule has 0 aliphatic rings. The molecule has 0 amide bonds. The molecule has 2 rings (SSSR count). The Bertz CT molecular complexity index is 638. The molecule has 20 heavy (non-hydrogen) atoms. The molecule has 3 nitrogen and oxygen atoms in total. The molecule has 0 saturated carbocycles. The molecule has 1 N–H and O–H groups in total. The molecule has 0 saturated heterocycles. The van der Waals surface area contributed by atoms with Crippen molar-refractivity contribution in [2.75, 3.05) is 13.1 Å². The molecule has 0 fully saturated rings. The Balaban J connectivity index is 2.43. The largest absolute Gasteiger partial charge is 0.312 e. The molecule has 4 heteroatoms. The van der Waals surface area contributed by atoms with Gasteiger partial charge in [-0.05, 0) is 32.5 Å². The lowest BCUT2D eigenvalue weighted by molar-refractivity contribution is 0.298. The summed E-state index contributed by atoms with van der Waals surface area (Å²) in [6, 6.07) is 6.36. The van der Waals surface area contributed by atoms with Crippen LogP contribution in [0.5, 0.6) is 0 Å². The standard InChI is InChI=1S/C16H22N2OS/c1-5-18(6-2)10-14-15(17-16(19)20-14)13-8-7-11(3)9-12(13)4/h7-9H,5-6,10H2,1-4H3,(H,17,19). The third-order valence-corrected chi connectivity index (χ3v) is 4.50. The van der Waals surface area contributed by atoms with Crippen LogP contribution in [0.2, 0.25) is 0 Å². The molecule has 0 radical (unpaired) electrons. The minimum absolute atomic E-state index is 0.0298. The van der Waals surface area contributed by atoms with Crippen LogP contribution in [-0.2, 0) is 6.54 Å². The summed E-state index contributed by atoms with van der Waals surface area (Å²) >= 11 is 1.33. The molecule has 0 atom stereocenters. The predicted octanol–water partition coefficient (Wildman–Crippen LogP) is 3.56. The van der Waals surface area contributed by atoms with Gasteiger partial charge in [0.05, 0.1) is 5.69 Å². The van der Waals surface area contributed by atoms with E-state index in [1.54, 1.807) is 0 Å². The second kappa shape index (κ2) is 6.37. The van der Waals surface area contributed by atoms with Crippen LogP contribution in [0.3, 0.4) is 0 Å². The molecule has 0 spiro atoms. The Morgan fingerprint density at radius 1 is 1.20 bits per heavy atom. The van der Waals surface area contributed by atoms with Crippen molar-refractivity contribution in [2.45, 2.75) is 34.2 Å². The Labute approximate surface area is 124 Å². The van der Waals surface area contributed by atoms with E-state index in [2.05, 4.69) is 55.8 Å². The van der Waals surface area contributed by atoms with Crippen LogP contribution in [0.15, 0.2) is 23.0 Å². The molecule has 0 unspecified atom stereocenters. The molecule has 1 aromatic heterocycles. The van der Waals surface area contributed by atoms with Crippen LogP contribution >= 0.6 is 11.3 Å². The first-order valence-electron chi connectivity index (χ1n) is 7.07. The molecular weight excluding hydrogens is 268 g/mol. The highest BCUT2D eigenvalue weighted by atomic mass is 32.1. The highest BCUT2D eigenvalue weighted by molar-refractivity contribution is 7.09. The summed E-state index contributed by atoms with van der Waals surface area (Å²) in [6.07, 6.45) is 0. The molecular formula is C16H22N2OS. The van der Waals surface area contributed by atoms with Crippen molar-refractivity contribution >= 4 is 11.3 Å². The zero-order valence-corrected chi connectivity index (χ0v) is 13.4. The summed E-state index contributed by atoms with van der Waals surface area (Å²) < 4.78 is 0. The van der Waals surface area contributed by atoms with Gasteiger partial charge in [-0.25, -0.2) is 0 Å². The van der Waals surface area contributed by atoms with Crippen molar-refractivity contribution in [1.82, 2.24) is 9.88 Å². The zero-order valence-electron chi connectivity index (χ0n) is 12.6. The van der Waals surface area contributed by atoms with Gasteiger partial charge in [0, 0.05) is 17.0 Å². The average molecular weight is 290 g/mol. The summed E-state index contributed by atoms with van der Waals surface area (Å²) in [4.78, 5) is 18.3. The van der Waals surface area contributed by atoms with Gasteiger partial charge in [-0.2, -0.15) is 0 Å². The third-order valence-electron chi connectivity index (χ3n) is 3.63. The average Bonchev–Trinajstić information content (AvgIpc) is 2.76. The van der Waals surface area contributed by atoms with Crippen molar-refractivity contribution < 1.29 is 0 Å². The van der Waals surface area contributed by atoms with Crippen LogP contribution < -0.4 is 4.87 Å². The Hall–Kier alpha value is -1.39. The van der Waals surface area contributed by atoms with E-state index in [4.69, 9.17) is 0 Å². The fraction of sp³-hybridized carbons (Fsp3) is 0.438. The maximum Gasteiger partial charge on any atom is 0.305 e. The SMILES string of the molecule is CCN(CC)Cc1sc(=O)[nH]c1-c1ccc(C)cc1C. The number of hydrogen-bond acceptors (Lipinski definition) is 3. The van der Waals surface area contributed by atoms with E-state index >= 15 is 0 Å². The fourth-order valence-corrected chi connectivity index (χ4v) is 3.32. The van der Waals surface area contributed by atoms with Crippen LogP contribution in [-0.4, -0.2) is 23.0 Å². The van der Waals surface area contributed by atoms with Gasteiger partial charge in [0.1, 0.15) is 0 Å². The Morgan fingerprint density at radius 2 is 1.90 bits per heavy atom. The normalized spacial score (nSPS) is 11.2. The van der Waals surface area contributed by atoms with Crippen molar-refractivity contribution in [2.24, 2.45) is 0 Å². The number of rotatable bonds is 5. The Morgan fingerprint density at radius 3 is 2.50 bits per heavy atom. The number of nitrogens with one attached hydrogen (secondary N) is 1. The lowest BCUT2D eigenvalue weighted by atomic mass is 10.0. The van der Waals surface area contributed by atoms with E-state index in [-0.39, 0.29) is 4.87 Å². The van der Waals surface area contributed by atoms with Crippen molar-refractivity contribution in [3.05, 3.63) is 43.9 Å². The number of H-pyrrole nitrogens is 1. The first kappa shape index (κ1) is 15.0. The number of aryl methyl sites for hydroxylation is 2. The number of nitrogens with zero attached hydrogens (tertiary/aromatic N) is 1. The number of aromatic amines is 1. The van der Waals surface area contributed by atoms with Gasteiger partial charge in [0.15, 0.2) is 0 Å². The molecule has 0 bridgehead atoms. The van der Waals surface area contributed by atoms with Crippen molar-refractivity contribution in [1.29, 1.82) is 0 Å². The van der Waals surface area contributed by atoms with E-state index < -0.39 is 0 Å². The number of benzene rings is 1. The lowest BCUT2D eigenvalue weighted by Crippen LogP contribution is -2.21. The minimum Gasteiger partial charge on any atom is -0.312 e. The maximum absolute atomic E-state index is 11.8. The smallest absolute Gasteiger partial charge is 0.305 e. The van der Waals surface area contributed by atoms with Crippen LogP contribution in [0.1, 0.15) is 29.9 Å². The number of aromatic nitrogens is 1. The predicted molar refractivity (Wildman–Crippen MR) is 86.5 cm³/mol. The van der Waals surface area contributed by atoms with E-state index in [9.17, 15) is 4.79 Å². The first-order chi connectivity index (χ1) is 9.55. The van der Waals surface area contributed by atoms with Gasteiger partial charge in [-0.15, -0.1) is 0 Å². The monoisotopic (exact) mass is 290 g/mol. The van der Waals surface area contributed by atoms with E-state index in [0.29, 0.717) is 0 Å². The highest BCUT2D eigenvalue weighted by Crippen LogP contribution is 2.28. The van der Waals surface area contributed by atoms with Gasteiger partial charge >= 0.3 is 4.87 Å². The van der Waals surface area contributed by atoms with Crippen molar-refractivity contribution in [3.63, 3.8) is 0 Å². The van der Waals surface area contributed by atoms with Gasteiger partial charge < -0.3 is 4.98 Å². The maximum atomic E-state index is 11.8. The first-order valence-corrected chi connectivity index (χ1v) is 7.88. The third kappa shape index (κ3) is 3.19. The summed E-state index contributed by atoms with van der Waals surface area (Å²) in [5, 5.41) is 0. The fourth-order valence-electron chi connectivity index (χ4n) is 2.43. The zero-order chi connectivity index (χ0) is 14.7. The lowest BCUT2D eigenvalue weighted by Gasteiger charge is -2.18. The van der Waals surface area contributed by atoms with E-state index in [1.165, 1.54) is 22.5 Å². The quantitative estimate of drug-likeness (QED) is 0.914. The van der Waals surface area contributed by atoms with Gasteiger partial charge in [0.25, 0.3) is 0 Å². The highest BCUT2D eigenvalue weighted by Gasteiger charge is 2.14. The summed E-state index contributed by atoms with van der Waals surface area (Å²) in [5.74, 6) is 0. The number of thiazole rings is 1. The second-order valence-electron chi connectivity index (χ2n) is 5.09.